The molecule has 0 bridgehead atoms. The Labute approximate surface area is 108 Å². The monoisotopic (exact) mass is 350 g/mol. The highest BCUT2D eigenvalue weighted by molar-refractivity contribution is 9.10. The largest absolute Gasteiger partial charge is 0.369 e. The molecule has 2 N–H and O–H groups in total. The van der Waals surface area contributed by atoms with E-state index in [0.717, 1.165) is 0 Å². The van der Waals surface area contributed by atoms with Crippen molar-refractivity contribution in [3.8, 4) is 0 Å². The molecular formula is C9H8Br2N2O3. The lowest BCUT2D eigenvalue weighted by molar-refractivity contribution is -0.385. The number of halogens is 2. The van der Waals surface area contributed by atoms with Gasteiger partial charge >= 0.3 is 0 Å². The van der Waals surface area contributed by atoms with Gasteiger partial charge in [-0.1, -0.05) is 22.0 Å². The second kappa shape index (κ2) is 5.40. The van der Waals surface area contributed by atoms with Gasteiger partial charge in [-0.2, -0.15) is 0 Å². The maximum absolute atomic E-state index is 10.8. The number of alkyl halides is 1. The molecule has 1 aromatic carbocycles. The molecule has 0 aromatic heterocycles. The summed E-state index contributed by atoms with van der Waals surface area (Å²) in [6.07, 6.45) is 0.323. The van der Waals surface area contributed by atoms with E-state index in [9.17, 15) is 14.9 Å². The predicted molar refractivity (Wildman–Crippen MR) is 66.4 cm³/mol. The van der Waals surface area contributed by atoms with Gasteiger partial charge in [0.15, 0.2) is 0 Å². The minimum Gasteiger partial charge on any atom is -0.369 e. The molecule has 7 heteroatoms. The van der Waals surface area contributed by atoms with E-state index >= 15 is 0 Å². The van der Waals surface area contributed by atoms with E-state index in [1.807, 2.05) is 0 Å². The molecule has 1 rings (SSSR count). The Hall–Kier alpha value is -0.950. The van der Waals surface area contributed by atoms with Crippen LogP contribution in [0.5, 0.6) is 0 Å². The minimum atomic E-state index is -0.520. The Morgan fingerprint density at radius 3 is 2.69 bits per heavy atom. The lowest BCUT2D eigenvalue weighted by atomic mass is 10.1. The van der Waals surface area contributed by atoms with Crippen molar-refractivity contribution in [3.05, 3.63) is 38.3 Å². The number of nitro groups is 1. The molecule has 0 spiro atoms. The van der Waals surface area contributed by atoms with Crippen LogP contribution in [0.25, 0.3) is 0 Å². The molecule has 0 aliphatic carbocycles. The Morgan fingerprint density at radius 2 is 2.19 bits per heavy atom. The van der Waals surface area contributed by atoms with E-state index in [4.69, 9.17) is 5.73 Å². The van der Waals surface area contributed by atoms with Crippen LogP contribution in [0.4, 0.5) is 5.69 Å². The molecule has 5 nitrogen and oxygen atoms in total. The minimum absolute atomic E-state index is 0.0262. The van der Waals surface area contributed by atoms with Crippen molar-refractivity contribution in [3.63, 3.8) is 0 Å². The summed E-state index contributed by atoms with van der Waals surface area (Å²) in [7, 11) is 0. The third-order valence-corrected chi connectivity index (χ3v) is 3.38. The number of nitrogens with two attached hydrogens (primary N) is 1. The second-order valence-electron chi connectivity index (χ2n) is 3.12. The molecule has 0 aliphatic heterocycles. The summed E-state index contributed by atoms with van der Waals surface area (Å²) < 4.78 is 0.409. The summed E-state index contributed by atoms with van der Waals surface area (Å²) in [5, 5.41) is 10.7. The molecule has 86 valence electrons. The number of nitrogens with zero attached hydrogens (tertiary/aromatic N) is 1. The average molecular weight is 352 g/mol. The van der Waals surface area contributed by atoms with Crippen LogP contribution in [0, 0.1) is 10.1 Å². The topological polar surface area (TPSA) is 86.2 Å². The van der Waals surface area contributed by atoms with Crippen LogP contribution in [-0.2, 0) is 11.2 Å². The van der Waals surface area contributed by atoms with Crippen LogP contribution >= 0.6 is 31.9 Å². The maximum Gasteiger partial charge on any atom is 0.283 e. The molecule has 0 aliphatic rings. The predicted octanol–water partition coefficient (Wildman–Crippen LogP) is 2.15. The van der Waals surface area contributed by atoms with E-state index in [0.29, 0.717) is 16.5 Å². The van der Waals surface area contributed by atoms with Crippen molar-refractivity contribution in [1.82, 2.24) is 0 Å². The highest BCUT2D eigenvalue weighted by atomic mass is 79.9. The number of hydrogen-bond acceptors (Lipinski definition) is 3. The van der Waals surface area contributed by atoms with Gasteiger partial charge in [-0.05, 0) is 34.0 Å². The van der Waals surface area contributed by atoms with E-state index in [-0.39, 0.29) is 5.69 Å². The second-order valence-corrected chi connectivity index (χ2v) is 5.08. The molecule has 16 heavy (non-hydrogen) atoms. The van der Waals surface area contributed by atoms with Gasteiger partial charge in [-0.3, -0.25) is 14.9 Å². The fourth-order valence-corrected chi connectivity index (χ4v) is 1.90. The lowest BCUT2D eigenvalue weighted by Gasteiger charge is -2.05. The molecule has 0 heterocycles. The number of nitro benzene ring substituents is 1. The summed E-state index contributed by atoms with van der Waals surface area (Å²) >= 11 is 6.18. The van der Waals surface area contributed by atoms with Crippen molar-refractivity contribution in [2.75, 3.05) is 0 Å². The van der Waals surface area contributed by atoms with Crippen molar-refractivity contribution in [1.29, 1.82) is 0 Å². The van der Waals surface area contributed by atoms with Gasteiger partial charge in [-0.15, -0.1) is 0 Å². The standard InChI is InChI=1S/C9H8Br2N2O3/c10-6-2-1-5(3-7(11)9(12)14)4-8(6)13(15)16/h1-2,4,7H,3H2,(H2,12,14). The van der Waals surface area contributed by atoms with Crippen molar-refractivity contribution in [2.24, 2.45) is 5.73 Å². The third kappa shape index (κ3) is 3.28. The van der Waals surface area contributed by atoms with Crippen LogP contribution in [0.3, 0.4) is 0 Å². The zero-order valence-corrected chi connectivity index (χ0v) is 11.2. The van der Waals surface area contributed by atoms with Crippen LogP contribution in [0.1, 0.15) is 5.56 Å². The molecule has 1 unspecified atom stereocenters. The molecule has 0 saturated heterocycles. The average Bonchev–Trinajstić information content (AvgIpc) is 2.20. The number of carbonyl (C=O) groups excluding carboxylic acids is 1. The summed E-state index contributed by atoms with van der Waals surface area (Å²) in [5.74, 6) is -0.495. The maximum atomic E-state index is 10.8. The van der Waals surface area contributed by atoms with E-state index < -0.39 is 15.7 Å². The third-order valence-electron chi connectivity index (χ3n) is 1.93. The van der Waals surface area contributed by atoms with Crippen LogP contribution < -0.4 is 5.73 Å². The lowest BCUT2D eigenvalue weighted by Crippen LogP contribution is -2.24. The number of primary amides is 1. The van der Waals surface area contributed by atoms with Gasteiger partial charge < -0.3 is 5.73 Å². The van der Waals surface area contributed by atoms with E-state index in [1.165, 1.54) is 6.07 Å². The van der Waals surface area contributed by atoms with Crippen LogP contribution in [0.2, 0.25) is 0 Å². The molecule has 0 fully saturated rings. The van der Waals surface area contributed by atoms with Crippen molar-refractivity contribution >= 4 is 43.5 Å². The number of carbonyl (C=O) groups is 1. The first-order chi connectivity index (χ1) is 7.41. The van der Waals surface area contributed by atoms with Gasteiger partial charge in [0.25, 0.3) is 5.69 Å². The zero-order valence-electron chi connectivity index (χ0n) is 8.02. The van der Waals surface area contributed by atoms with E-state index in [1.54, 1.807) is 12.1 Å². The van der Waals surface area contributed by atoms with Gasteiger partial charge in [0.1, 0.15) is 0 Å². The van der Waals surface area contributed by atoms with Crippen molar-refractivity contribution in [2.45, 2.75) is 11.2 Å². The summed E-state index contributed by atoms with van der Waals surface area (Å²) in [5.41, 5.74) is 5.73. The first kappa shape index (κ1) is 13.1. The highest BCUT2D eigenvalue weighted by Crippen LogP contribution is 2.26. The molecule has 0 saturated carbocycles. The number of hydrogen-bond donors (Lipinski definition) is 1. The Balaban J connectivity index is 2.95. The number of rotatable bonds is 4. The molecular weight excluding hydrogens is 344 g/mol. The van der Waals surface area contributed by atoms with Gasteiger partial charge in [-0.25, -0.2) is 0 Å². The summed E-state index contributed by atoms with van der Waals surface area (Å²) in [6.45, 7) is 0. The van der Waals surface area contributed by atoms with Gasteiger partial charge in [0.2, 0.25) is 5.91 Å². The number of amides is 1. The first-order valence-corrected chi connectivity index (χ1v) is 5.99. The fraction of sp³-hybridized carbons (Fsp3) is 0.222. The number of benzene rings is 1. The fourth-order valence-electron chi connectivity index (χ4n) is 1.13. The Kier molecular flexibility index (Phi) is 4.43. The molecule has 1 atom stereocenters. The van der Waals surface area contributed by atoms with Gasteiger partial charge in [0, 0.05) is 6.07 Å². The van der Waals surface area contributed by atoms with E-state index in [2.05, 4.69) is 31.9 Å². The first-order valence-electron chi connectivity index (χ1n) is 4.28. The van der Waals surface area contributed by atoms with Gasteiger partial charge in [0.05, 0.1) is 14.2 Å². The quantitative estimate of drug-likeness (QED) is 0.512. The highest BCUT2D eigenvalue weighted by Gasteiger charge is 2.16. The molecule has 1 aromatic rings. The molecule has 0 radical (unpaired) electrons. The Morgan fingerprint density at radius 1 is 1.56 bits per heavy atom. The van der Waals surface area contributed by atoms with Crippen LogP contribution in [-0.4, -0.2) is 15.7 Å². The normalized spacial score (nSPS) is 12.1. The summed E-state index contributed by atoms with van der Waals surface area (Å²) in [6, 6.07) is 4.70. The molecule has 1 amide bonds. The SMILES string of the molecule is NC(=O)C(Br)Cc1ccc(Br)c([N+](=O)[O-])c1. The Bertz CT molecular complexity index is 437. The zero-order chi connectivity index (χ0) is 12.3. The van der Waals surface area contributed by atoms with Crippen molar-refractivity contribution < 1.29 is 9.72 Å². The smallest absolute Gasteiger partial charge is 0.283 e. The summed E-state index contributed by atoms with van der Waals surface area (Å²) in [4.78, 5) is 20.5. The van der Waals surface area contributed by atoms with Crippen LogP contribution in [0.15, 0.2) is 22.7 Å².